The van der Waals surface area contributed by atoms with E-state index in [-0.39, 0.29) is 11.6 Å². The number of hydrogen-bond donors (Lipinski definition) is 1. The van der Waals surface area contributed by atoms with Crippen LogP contribution in [0.2, 0.25) is 5.15 Å². The second kappa shape index (κ2) is 4.43. The Balaban J connectivity index is 2.78. The average molecular weight is 219 g/mol. The van der Waals surface area contributed by atoms with Gasteiger partial charge in [-0.3, -0.25) is 4.79 Å². The standard InChI is InChI=1S/C8H11ClN2O3/c1-11-4-10-8(9)7(11)5(12)3-6(13)14-2/h4-5,12H,3H2,1-2H3/t5-/m1/s1. The number of methoxy groups -OCH3 is 1. The number of carbonyl (C=O) groups is 1. The molecular formula is C8H11ClN2O3. The number of aryl methyl sites for hydroxylation is 1. The van der Waals surface area contributed by atoms with Crippen LogP contribution in [0.4, 0.5) is 0 Å². The zero-order chi connectivity index (χ0) is 10.7. The Labute approximate surface area is 86.3 Å². The molecule has 1 aromatic heterocycles. The monoisotopic (exact) mass is 218 g/mol. The fraction of sp³-hybridized carbons (Fsp3) is 0.500. The Bertz CT molecular complexity index is 318. The first-order valence-electron chi connectivity index (χ1n) is 3.97. The highest BCUT2D eigenvalue weighted by molar-refractivity contribution is 6.30. The highest BCUT2D eigenvalue weighted by Gasteiger charge is 2.19. The zero-order valence-corrected chi connectivity index (χ0v) is 8.65. The molecule has 1 atom stereocenters. The molecule has 14 heavy (non-hydrogen) atoms. The molecule has 0 unspecified atom stereocenters. The lowest BCUT2D eigenvalue weighted by molar-refractivity contribution is -0.143. The first-order chi connectivity index (χ1) is 6.56. The normalized spacial score (nSPS) is 12.6. The third-order valence-electron chi connectivity index (χ3n) is 1.84. The summed E-state index contributed by atoms with van der Waals surface area (Å²) in [4.78, 5) is 14.7. The lowest BCUT2D eigenvalue weighted by Gasteiger charge is -2.10. The molecule has 0 radical (unpaired) electrons. The van der Waals surface area contributed by atoms with Crippen LogP contribution in [0.3, 0.4) is 0 Å². The predicted octanol–water partition coefficient (Wildman–Crippen LogP) is 0.670. The lowest BCUT2D eigenvalue weighted by Crippen LogP contribution is -2.11. The molecule has 0 aliphatic heterocycles. The van der Waals surface area contributed by atoms with Crippen molar-refractivity contribution in [3.63, 3.8) is 0 Å². The van der Waals surface area contributed by atoms with Crippen LogP contribution in [-0.4, -0.2) is 27.7 Å². The van der Waals surface area contributed by atoms with Gasteiger partial charge in [0.05, 0.1) is 25.6 Å². The second-order valence-corrected chi connectivity index (χ2v) is 3.19. The fourth-order valence-electron chi connectivity index (χ4n) is 1.12. The Kier molecular flexibility index (Phi) is 3.49. The molecule has 0 saturated carbocycles. The van der Waals surface area contributed by atoms with Crippen LogP contribution in [0.25, 0.3) is 0 Å². The van der Waals surface area contributed by atoms with E-state index < -0.39 is 12.1 Å². The van der Waals surface area contributed by atoms with Crippen molar-refractivity contribution < 1.29 is 14.6 Å². The third-order valence-corrected chi connectivity index (χ3v) is 2.13. The number of nitrogens with zero attached hydrogens (tertiary/aromatic N) is 2. The lowest BCUT2D eigenvalue weighted by atomic mass is 10.2. The van der Waals surface area contributed by atoms with Gasteiger partial charge in [-0.1, -0.05) is 11.6 Å². The van der Waals surface area contributed by atoms with E-state index in [1.54, 1.807) is 11.6 Å². The molecule has 1 heterocycles. The van der Waals surface area contributed by atoms with E-state index in [0.29, 0.717) is 5.69 Å². The highest BCUT2D eigenvalue weighted by atomic mass is 35.5. The van der Waals surface area contributed by atoms with Crippen molar-refractivity contribution in [1.29, 1.82) is 0 Å². The molecular weight excluding hydrogens is 208 g/mol. The fourth-order valence-corrected chi connectivity index (χ4v) is 1.42. The first kappa shape index (κ1) is 11.0. The van der Waals surface area contributed by atoms with E-state index in [9.17, 15) is 9.90 Å². The molecule has 0 aliphatic rings. The Morgan fingerprint density at radius 3 is 2.93 bits per heavy atom. The predicted molar refractivity (Wildman–Crippen MR) is 49.8 cm³/mol. The second-order valence-electron chi connectivity index (χ2n) is 2.83. The molecule has 6 heteroatoms. The minimum absolute atomic E-state index is 0.129. The molecule has 0 fully saturated rings. The van der Waals surface area contributed by atoms with Crippen LogP contribution in [0.1, 0.15) is 18.2 Å². The third kappa shape index (κ3) is 2.24. The van der Waals surface area contributed by atoms with E-state index in [4.69, 9.17) is 11.6 Å². The number of halogens is 1. The highest BCUT2D eigenvalue weighted by Crippen LogP contribution is 2.23. The van der Waals surface area contributed by atoms with E-state index >= 15 is 0 Å². The van der Waals surface area contributed by atoms with E-state index in [2.05, 4.69) is 9.72 Å². The summed E-state index contributed by atoms with van der Waals surface area (Å²) < 4.78 is 5.99. The van der Waals surface area contributed by atoms with Crippen molar-refractivity contribution in [3.05, 3.63) is 17.2 Å². The van der Waals surface area contributed by atoms with Gasteiger partial charge < -0.3 is 14.4 Å². The molecule has 0 amide bonds. The zero-order valence-electron chi connectivity index (χ0n) is 7.90. The molecule has 0 bridgehead atoms. The molecule has 0 aromatic carbocycles. The summed E-state index contributed by atoms with van der Waals surface area (Å²) >= 11 is 5.72. The number of esters is 1. The summed E-state index contributed by atoms with van der Waals surface area (Å²) in [6.07, 6.45) is 0.357. The number of rotatable bonds is 3. The van der Waals surface area contributed by atoms with Crippen molar-refractivity contribution >= 4 is 17.6 Å². The number of aliphatic hydroxyl groups excluding tert-OH is 1. The smallest absolute Gasteiger partial charge is 0.308 e. The van der Waals surface area contributed by atoms with Crippen molar-refractivity contribution in [2.75, 3.05) is 7.11 Å². The van der Waals surface area contributed by atoms with Crippen LogP contribution in [0, 0.1) is 0 Å². The van der Waals surface area contributed by atoms with Crippen molar-refractivity contribution in [3.8, 4) is 0 Å². The van der Waals surface area contributed by atoms with Crippen LogP contribution < -0.4 is 0 Å². The minimum atomic E-state index is -0.984. The quantitative estimate of drug-likeness (QED) is 0.758. The number of ether oxygens (including phenoxy) is 1. The summed E-state index contributed by atoms with van der Waals surface area (Å²) in [7, 11) is 2.95. The van der Waals surface area contributed by atoms with Gasteiger partial charge in [-0.15, -0.1) is 0 Å². The molecule has 78 valence electrons. The maximum Gasteiger partial charge on any atom is 0.308 e. The van der Waals surface area contributed by atoms with Gasteiger partial charge in [-0.2, -0.15) is 0 Å². The Hall–Kier alpha value is -1.07. The summed E-state index contributed by atoms with van der Waals surface area (Å²) in [5.74, 6) is -0.491. The minimum Gasteiger partial charge on any atom is -0.469 e. The SMILES string of the molecule is COC(=O)C[C@@H](O)c1c(Cl)ncn1C. The van der Waals surface area contributed by atoms with Crippen molar-refractivity contribution in [2.24, 2.45) is 7.05 Å². The molecule has 0 aliphatic carbocycles. The summed E-state index contributed by atoms with van der Waals surface area (Å²) in [5, 5.41) is 9.82. The number of carbonyl (C=O) groups excluding carboxylic acids is 1. The Morgan fingerprint density at radius 2 is 2.50 bits per heavy atom. The number of aliphatic hydroxyl groups is 1. The molecule has 1 aromatic rings. The topological polar surface area (TPSA) is 64.3 Å². The summed E-state index contributed by atoms with van der Waals surface area (Å²) in [6, 6.07) is 0. The first-order valence-corrected chi connectivity index (χ1v) is 4.35. The van der Waals surface area contributed by atoms with Crippen LogP contribution in [-0.2, 0) is 16.6 Å². The molecule has 1 N–H and O–H groups in total. The number of imidazole rings is 1. The van der Waals surface area contributed by atoms with Gasteiger partial charge in [-0.25, -0.2) is 4.98 Å². The van der Waals surface area contributed by atoms with Gasteiger partial charge in [0.1, 0.15) is 6.10 Å². The van der Waals surface area contributed by atoms with Gasteiger partial charge in [0.2, 0.25) is 0 Å². The molecule has 1 rings (SSSR count). The van der Waals surface area contributed by atoms with Crippen LogP contribution in [0.15, 0.2) is 6.33 Å². The summed E-state index contributed by atoms with van der Waals surface area (Å²) in [6.45, 7) is 0. The molecule has 0 saturated heterocycles. The maximum absolute atomic E-state index is 10.9. The van der Waals surface area contributed by atoms with Crippen LogP contribution in [0.5, 0.6) is 0 Å². The van der Waals surface area contributed by atoms with Crippen molar-refractivity contribution in [2.45, 2.75) is 12.5 Å². The molecule has 0 spiro atoms. The van der Waals surface area contributed by atoms with Gasteiger partial charge in [0.15, 0.2) is 5.15 Å². The summed E-state index contributed by atoms with van der Waals surface area (Å²) in [5.41, 5.74) is 0.414. The molecule has 5 nitrogen and oxygen atoms in total. The van der Waals surface area contributed by atoms with Crippen molar-refractivity contribution in [1.82, 2.24) is 9.55 Å². The van der Waals surface area contributed by atoms with E-state index in [1.165, 1.54) is 13.4 Å². The maximum atomic E-state index is 10.9. The van der Waals surface area contributed by atoms with E-state index in [0.717, 1.165) is 0 Å². The van der Waals surface area contributed by atoms with Gasteiger partial charge >= 0.3 is 5.97 Å². The number of hydrogen-bond acceptors (Lipinski definition) is 4. The van der Waals surface area contributed by atoms with Gasteiger partial charge in [0, 0.05) is 7.05 Å². The van der Waals surface area contributed by atoms with E-state index in [1.807, 2.05) is 0 Å². The average Bonchev–Trinajstić information content (AvgIpc) is 2.46. The van der Waals surface area contributed by atoms with Gasteiger partial charge in [-0.05, 0) is 0 Å². The largest absolute Gasteiger partial charge is 0.469 e. The number of aromatic nitrogens is 2. The Morgan fingerprint density at radius 1 is 1.86 bits per heavy atom. The van der Waals surface area contributed by atoms with Gasteiger partial charge in [0.25, 0.3) is 0 Å². The van der Waals surface area contributed by atoms with Crippen LogP contribution >= 0.6 is 11.6 Å².